The molecule has 150 valence electrons. The average Bonchev–Trinajstić information content (AvgIpc) is 2.88. The number of sulfonamides is 1. The zero-order valence-corrected chi connectivity index (χ0v) is 17.3. The molecule has 8 nitrogen and oxygen atoms in total. The first-order valence-electron chi connectivity index (χ1n) is 8.50. The van der Waals surface area contributed by atoms with Crippen LogP contribution in [0, 0.1) is 6.92 Å². The first kappa shape index (κ1) is 21.2. The van der Waals surface area contributed by atoms with Gasteiger partial charge in [0, 0.05) is 19.2 Å². The standard InChI is InChI=1S/C18H26N2O6S/c1-11-12(7-8-13-14(11)10-25-16(13)21)15(20(5)27(6,23)24)9-19-17(22)26-18(2,3)4/h7-8,15H,9-10H2,1-6H3,(H,19,22)/t15-/m0/s1. The SMILES string of the molecule is Cc1c([C@H](CNC(=O)OC(C)(C)C)N(C)S(C)(=O)=O)ccc2c1COC2=O. The first-order valence-corrected chi connectivity index (χ1v) is 10.4. The minimum absolute atomic E-state index is 0.0207. The molecule has 9 heteroatoms. The minimum atomic E-state index is -3.53. The lowest BCUT2D eigenvalue weighted by atomic mass is 9.94. The Kier molecular flexibility index (Phi) is 5.86. The lowest BCUT2D eigenvalue weighted by Gasteiger charge is -2.29. The van der Waals surface area contributed by atoms with E-state index in [2.05, 4.69) is 5.32 Å². The number of ether oxygens (including phenoxy) is 2. The van der Waals surface area contributed by atoms with Crippen LogP contribution in [0.4, 0.5) is 4.79 Å². The number of likely N-dealkylation sites (N-methyl/N-ethyl adjacent to an activating group) is 1. The summed E-state index contributed by atoms with van der Waals surface area (Å²) in [7, 11) is -2.08. The summed E-state index contributed by atoms with van der Waals surface area (Å²) in [6, 6.07) is 2.67. The van der Waals surface area contributed by atoms with Gasteiger partial charge in [0.15, 0.2) is 0 Å². The van der Waals surface area contributed by atoms with Crippen LogP contribution in [-0.4, -0.2) is 50.2 Å². The van der Waals surface area contributed by atoms with Crippen LogP contribution >= 0.6 is 0 Å². The maximum absolute atomic E-state index is 12.1. The topological polar surface area (TPSA) is 102 Å². The molecule has 27 heavy (non-hydrogen) atoms. The number of cyclic esters (lactones) is 1. The number of carbonyl (C=O) groups excluding carboxylic acids is 2. The van der Waals surface area contributed by atoms with E-state index in [9.17, 15) is 18.0 Å². The van der Waals surface area contributed by atoms with E-state index >= 15 is 0 Å². The molecule has 2 rings (SSSR count). The predicted molar refractivity (Wildman–Crippen MR) is 99.9 cm³/mol. The smallest absolute Gasteiger partial charge is 0.407 e. The first-order chi connectivity index (χ1) is 12.3. The van der Waals surface area contributed by atoms with Gasteiger partial charge < -0.3 is 14.8 Å². The van der Waals surface area contributed by atoms with E-state index in [4.69, 9.17) is 9.47 Å². The number of carbonyl (C=O) groups is 2. The molecule has 1 N–H and O–H groups in total. The second-order valence-corrected chi connectivity index (χ2v) is 9.60. The highest BCUT2D eigenvalue weighted by Crippen LogP contribution is 2.31. The van der Waals surface area contributed by atoms with Gasteiger partial charge in [-0.3, -0.25) is 0 Å². The fourth-order valence-electron chi connectivity index (χ4n) is 2.89. The highest BCUT2D eigenvalue weighted by molar-refractivity contribution is 7.88. The summed E-state index contributed by atoms with van der Waals surface area (Å²) in [5.74, 6) is -0.389. The number of esters is 1. The Morgan fingerprint density at radius 3 is 2.56 bits per heavy atom. The zero-order valence-electron chi connectivity index (χ0n) is 16.5. The summed E-state index contributed by atoms with van der Waals surface area (Å²) in [5, 5.41) is 2.63. The summed E-state index contributed by atoms with van der Waals surface area (Å²) in [4.78, 5) is 23.8. The van der Waals surface area contributed by atoms with Crippen LogP contribution in [0.25, 0.3) is 0 Å². The highest BCUT2D eigenvalue weighted by atomic mass is 32.2. The fraction of sp³-hybridized carbons (Fsp3) is 0.556. The van der Waals surface area contributed by atoms with Crippen molar-refractivity contribution < 1.29 is 27.5 Å². The van der Waals surface area contributed by atoms with Gasteiger partial charge in [-0.15, -0.1) is 0 Å². The van der Waals surface area contributed by atoms with Crippen LogP contribution in [-0.2, 0) is 26.1 Å². The van der Waals surface area contributed by atoms with Crippen molar-refractivity contribution in [2.75, 3.05) is 19.8 Å². The summed E-state index contributed by atoms with van der Waals surface area (Å²) < 4.78 is 35.7. The van der Waals surface area contributed by atoms with E-state index in [1.165, 1.54) is 11.4 Å². The molecular weight excluding hydrogens is 372 g/mol. The summed E-state index contributed by atoms with van der Waals surface area (Å²) in [5.41, 5.74) is 2.02. The maximum Gasteiger partial charge on any atom is 0.407 e. The van der Waals surface area contributed by atoms with Crippen LogP contribution in [0.3, 0.4) is 0 Å². The lowest BCUT2D eigenvalue weighted by Crippen LogP contribution is -2.41. The highest BCUT2D eigenvalue weighted by Gasteiger charge is 2.31. The van der Waals surface area contributed by atoms with Crippen molar-refractivity contribution in [3.63, 3.8) is 0 Å². The van der Waals surface area contributed by atoms with Gasteiger partial charge in [-0.1, -0.05) is 6.07 Å². The molecule has 0 aliphatic carbocycles. The number of benzene rings is 1. The zero-order chi connectivity index (χ0) is 20.6. The number of hydrogen-bond donors (Lipinski definition) is 1. The van der Waals surface area contributed by atoms with Crippen molar-refractivity contribution >= 4 is 22.1 Å². The van der Waals surface area contributed by atoms with Gasteiger partial charge in [-0.05, 0) is 44.9 Å². The number of amides is 1. The Morgan fingerprint density at radius 2 is 2.00 bits per heavy atom. The predicted octanol–water partition coefficient (Wildman–Crippen LogP) is 2.12. The molecule has 1 atom stereocenters. The van der Waals surface area contributed by atoms with E-state index in [-0.39, 0.29) is 19.1 Å². The van der Waals surface area contributed by atoms with Gasteiger partial charge in [-0.25, -0.2) is 18.0 Å². The third-order valence-corrected chi connectivity index (χ3v) is 5.67. The molecule has 1 amide bonds. The van der Waals surface area contributed by atoms with Crippen LogP contribution < -0.4 is 5.32 Å². The molecule has 0 saturated carbocycles. The molecule has 1 heterocycles. The molecule has 0 bridgehead atoms. The Hall–Kier alpha value is -2.13. The largest absolute Gasteiger partial charge is 0.457 e. The van der Waals surface area contributed by atoms with Crippen LogP contribution in [0.1, 0.15) is 53.9 Å². The number of alkyl carbamates (subject to hydrolysis) is 1. The van der Waals surface area contributed by atoms with Crippen molar-refractivity contribution in [1.29, 1.82) is 0 Å². The Bertz CT molecular complexity index is 857. The molecule has 1 aromatic carbocycles. The molecular formula is C18H26N2O6S. The minimum Gasteiger partial charge on any atom is -0.457 e. The molecule has 0 spiro atoms. The van der Waals surface area contributed by atoms with Crippen LogP contribution in [0.5, 0.6) is 0 Å². The summed E-state index contributed by atoms with van der Waals surface area (Å²) in [6.45, 7) is 7.22. The van der Waals surface area contributed by atoms with Gasteiger partial charge in [0.2, 0.25) is 10.0 Å². The fourth-order valence-corrected chi connectivity index (χ4v) is 3.54. The van der Waals surface area contributed by atoms with Crippen molar-refractivity contribution in [3.05, 3.63) is 34.4 Å². The Morgan fingerprint density at radius 1 is 1.37 bits per heavy atom. The Labute approximate surface area is 159 Å². The van der Waals surface area contributed by atoms with Gasteiger partial charge in [0.1, 0.15) is 12.2 Å². The molecule has 1 aliphatic heterocycles. The Balaban J connectivity index is 2.34. The summed E-state index contributed by atoms with van der Waals surface area (Å²) >= 11 is 0. The van der Waals surface area contributed by atoms with Gasteiger partial charge >= 0.3 is 12.1 Å². The van der Waals surface area contributed by atoms with E-state index in [1.54, 1.807) is 32.9 Å². The number of hydrogen-bond acceptors (Lipinski definition) is 6. The van der Waals surface area contributed by atoms with Crippen LogP contribution in [0.2, 0.25) is 0 Å². The molecule has 0 aromatic heterocycles. The molecule has 0 unspecified atom stereocenters. The van der Waals surface area contributed by atoms with Gasteiger partial charge in [-0.2, -0.15) is 4.31 Å². The van der Waals surface area contributed by atoms with E-state index < -0.39 is 27.8 Å². The van der Waals surface area contributed by atoms with Crippen molar-refractivity contribution in [3.8, 4) is 0 Å². The van der Waals surface area contributed by atoms with E-state index in [1.807, 2.05) is 6.92 Å². The lowest BCUT2D eigenvalue weighted by molar-refractivity contribution is 0.0512. The molecule has 0 saturated heterocycles. The molecule has 1 aliphatic rings. The number of rotatable bonds is 5. The normalized spacial score (nSPS) is 15.3. The second-order valence-electron chi connectivity index (χ2n) is 7.56. The van der Waals surface area contributed by atoms with Gasteiger partial charge in [0.05, 0.1) is 17.9 Å². The molecule has 1 aromatic rings. The molecule has 0 fully saturated rings. The maximum atomic E-state index is 12.1. The third-order valence-electron chi connectivity index (χ3n) is 4.37. The second kappa shape index (κ2) is 7.47. The number of fused-ring (bicyclic) bond motifs is 1. The quantitative estimate of drug-likeness (QED) is 0.763. The third kappa shape index (κ3) is 4.98. The van der Waals surface area contributed by atoms with Gasteiger partial charge in [0.25, 0.3) is 0 Å². The van der Waals surface area contributed by atoms with Crippen molar-refractivity contribution in [1.82, 2.24) is 9.62 Å². The summed E-state index contributed by atoms with van der Waals surface area (Å²) in [6.07, 6.45) is 0.467. The molecule has 0 radical (unpaired) electrons. The van der Waals surface area contributed by atoms with Crippen LogP contribution in [0.15, 0.2) is 12.1 Å². The van der Waals surface area contributed by atoms with E-state index in [0.717, 1.165) is 17.4 Å². The van der Waals surface area contributed by atoms with Crippen molar-refractivity contribution in [2.45, 2.75) is 45.9 Å². The van der Waals surface area contributed by atoms with E-state index in [0.29, 0.717) is 11.1 Å². The van der Waals surface area contributed by atoms with Crippen molar-refractivity contribution in [2.24, 2.45) is 0 Å². The number of nitrogens with one attached hydrogen (secondary N) is 1. The average molecular weight is 398 g/mol. The number of nitrogens with zero attached hydrogens (tertiary/aromatic N) is 1. The monoisotopic (exact) mass is 398 g/mol.